The molecule has 0 amide bonds. The van der Waals surface area contributed by atoms with Gasteiger partial charge in [-0.15, -0.1) is 0 Å². The van der Waals surface area contributed by atoms with E-state index in [1.165, 1.54) is 34.6 Å². The van der Waals surface area contributed by atoms with Crippen molar-refractivity contribution in [3.8, 4) is 0 Å². The zero-order chi connectivity index (χ0) is 17.3. The van der Waals surface area contributed by atoms with Gasteiger partial charge in [-0.3, -0.25) is 0 Å². The topological polar surface area (TPSA) is 17.8 Å². The van der Waals surface area contributed by atoms with Gasteiger partial charge in [-0.1, -0.05) is 61.9 Å². The average Bonchev–Trinajstić information content (AvgIpc) is 3.15. The minimum atomic E-state index is 0.668. The molecule has 2 nitrogen and oxygen atoms in total. The number of imidazole rings is 1. The summed E-state index contributed by atoms with van der Waals surface area (Å²) in [6.07, 6.45) is 10.8. The highest BCUT2D eigenvalue weighted by Crippen LogP contribution is 2.28. The molecule has 130 valence electrons. The lowest BCUT2D eigenvalue weighted by molar-refractivity contribution is 0.399. The second kappa shape index (κ2) is 9.47. The molecule has 1 heterocycles. The fraction of sp³-hybridized carbons (Fsp3) is 0.318. The third-order valence-corrected chi connectivity index (χ3v) is 5.44. The predicted octanol–water partition coefficient (Wildman–Crippen LogP) is 6.08. The molecule has 0 aliphatic carbocycles. The number of nitrogens with zero attached hydrogens (tertiary/aromatic N) is 2. The molecule has 25 heavy (non-hydrogen) atoms. The first-order valence-electron chi connectivity index (χ1n) is 9.11. The largest absolute Gasteiger partial charge is 0.337 e. The molecule has 0 aliphatic heterocycles. The Morgan fingerprint density at radius 1 is 1.00 bits per heavy atom. The van der Waals surface area contributed by atoms with Gasteiger partial charge < -0.3 is 4.57 Å². The van der Waals surface area contributed by atoms with Crippen LogP contribution in [0.15, 0.2) is 83.1 Å². The van der Waals surface area contributed by atoms with Crippen LogP contribution in [-0.2, 0) is 13.0 Å². The van der Waals surface area contributed by atoms with E-state index >= 15 is 0 Å². The summed E-state index contributed by atoms with van der Waals surface area (Å²) in [5.74, 6) is 0.668. The molecule has 1 unspecified atom stereocenters. The van der Waals surface area contributed by atoms with E-state index in [0.717, 1.165) is 13.0 Å². The first-order valence-corrected chi connectivity index (χ1v) is 9.92. The highest BCUT2D eigenvalue weighted by Gasteiger charge is 2.10. The number of unbranched alkanes of at least 4 members (excludes halogenated alkanes) is 1. The molecular weight excluding hydrogens is 324 g/mol. The smallest absolute Gasteiger partial charge is 0.0945 e. The molecule has 2 aromatic carbocycles. The Labute approximate surface area is 155 Å². The quantitative estimate of drug-likeness (QED) is 0.465. The molecule has 0 radical (unpaired) electrons. The molecule has 3 rings (SSSR count). The van der Waals surface area contributed by atoms with E-state index in [1.807, 2.05) is 24.3 Å². The van der Waals surface area contributed by atoms with Crippen molar-refractivity contribution < 1.29 is 0 Å². The lowest BCUT2D eigenvalue weighted by Gasteiger charge is -2.17. The van der Waals surface area contributed by atoms with Gasteiger partial charge in [0.15, 0.2) is 0 Å². The summed E-state index contributed by atoms with van der Waals surface area (Å²) in [4.78, 5) is 6.76. The Bertz CT molecular complexity index is 720. The molecule has 0 aliphatic rings. The van der Waals surface area contributed by atoms with Gasteiger partial charge in [0.2, 0.25) is 0 Å². The molecule has 3 aromatic rings. The standard InChI is InChI=1S/C22H26N2S/c1-2-3-7-20(17-24-15-14-23-18-24)16-19-10-12-22(13-11-19)25-21-8-5-4-6-9-21/h4-6,8-15,18,20H,2-3,7,16-17H2,1H3. The SMILES string of the molecule is CCCCC(Cc1ccc(Sc2ccccc2)cc1)Cn1ccnc1. The van der Waals surface area contributed by atoms with E-state index in [9.17, 15) is 0 Å². The van der Waals surface area contributed by atoms with E-state index in [0.29, 0.717) is 5.92 Å². The minimum absolute atomic E-state index is 0.668. The van der Waals surface area contributed by atoms with Crippen molar-refractivity contribution in [2.24, 2.45) is 5.92 Å². The minimum Gasteiger partial charge on any atom is -0.337 e. The van der Waals surface area contributed by atoms with Crippen molar-refractivity contribution in [2.75, 3.05) is 0 Å². The van der Waals surface area contributed by atoms with Crippen molar-refractivity contribution >= 4 is 11.8 Å². The van der Waals surface area contributed by atoms with Crippen LogP contribution in [-0.4, -0.2) is 9.55 Å². The predicted molar refractivity (Wildman–Crippen MR) is 106 cm³/mol. The second-order valence-electron chi connectivity index (χ2n) is 6.53. The summed E-state index contributed by atoms with van der Waals surface area (Å²) in [5.41, 5.74) is 1.43. The van der Waals surface area contributed by atoms with Crippen LogP contribution in [0.1, 0.15) is 31.7 Å². The van der Waals surface area contributed by atoms with Crippen LogP contribution in [0.5, 0.6) is 0 Å². The number of rotatable bonds is 9. The van der Waals surface area contributed by atoms with Gasteiger partial charge in [0.1, 0.15) is 0 Å². The highest BCUT2D eigenvalue weighted by molar-refractivity contribution is 7.99. The van der Waals surface area contributed by atoms with Crippen LogP contribution in [0, 0.1) is 5.92 Å². The van der Waals surface area contributed by atoms with Crippen molar-refractivity contribution in [3.63, 3.8) is 0 Å². The van der Waals surface area contributed by atoms with Crippen LogP contribution in [0.3, 0.4) is 0 Å². The Kier molecular flexibility index (Phi) is 6.75. The molecule has 0 spiro atoms. The first kappa shape index (κ1) is 17.8. The van der Waals surface area contributed by atoms with E-state index in [4.69, 9.17) is 0 Å². The van der Waals surface area contributed by atoms with Crippen molar-refractivity contribution in [1.82, 2.24) is 9.55 Å². The fourth-order valence-corrected chi connectivity index (χ4v) is 3.93. The van der Waals surface area contributed by atoms with E-state index in [2.05, 4.69) is 77.3 Å². The second-order valence-corrected chi connectivity index (χ2v) is 7.68. The van der Waals surface area contributed by atoms with Crippen molar-refractivity contribution in [2.45, 2.75) is 48.9 Å². The number of aromatic nitrogens is 2. The van der Waals surface area contributed by atoms with E-state index in [-0.39, 0.29) is 0 Å². The number of benzene rings is 2. The zero-order valence-electron chi connectivity index (χ0n) is 14.8. The summed E-state index contributed by atoms with van der Waals surface area (Å²) < 4.78 is 2.21. The summed E-state index contributed by atoms with van der Waals surface area (Å²) in [7, 11) is 0. The maximum Gasteiger partial charge on any atom is 0.0945 e. The van der Waals surface area contributed by atoms with E-state index < -0.39 is 0 Å². The average molecular weight is 351 g/mol. The van der Waals surface area contributed by atoms with Gasteiger partial charge in [0.25, 0.3) is 0 Å². The summed E-state index contributed by atoms with van der Waals surface area (Å²) >= 11 is 1.82. The van der Waals surface area contributed by atoms with Crippen LogP contribution in [0.2, 0.25) is 0 Å². The molecule has 0 bridgehead atoms. The molecular formula is C22H26N2S. The third-order valence-electron chi connectivity index (χ3n) is 4.42. The summed E-state index contributed by atoms with van der Waals surface area (Å²) in [6.45, 7) is 3.32. The van der Waals surface area contributed by atoms with Gasteiger partial charge in [-0.05, 0) is 48.6 Å². The summed E-state index contributed by atoms with van der Waals surface area (Å²) in [5, 5.41) is 0. The van der Waals surface area contributed by atoms with Crippen LogP contribution in [0.4, 0.5) is 0 Å². The molecule has 0 saturated heterocycles. The summed E-state index contributed by atoms with van der Waals surface area (Å²) in [6, 6.07) is 19.6. The molecule has 1 atom stereocenters. The first-order chi connectivity index (χ1) is 12.3. The lowest BCUT2D eigenvalue weighted by atomic mass is 9.94. The fourth-order valence-electron chi connectivity index (χ4n) is 3.10. The van der Waals surface area contributed by atoms with Crippen LogP contribution >= 0.6 is 11.8 Å². The number of hydrogen-bond donors (Lipinski definition) is 0. The normalized spacial score (nSPS) is 12.2. The van der Waals surface area contributed by atoms with Crippen LogP contribution < -0.4 is 0 Å². The molecule has 3 heteroatoms. The lowest BCUT2D eigenvalue weighted by Crippen LogP contribution is -2.12. The van der Waals surface area contributed by atoms with Crippen molar-refractivity contribution in [1.29, 1.82) is 0 Å². The van der Waals surface area contributed by atoms with Gasteiger partial charge in [0.05, 0.1) is 6.33 Å². The highest BCUT2D eigenvalue weighted by atomic mass is 32.2. The van der Waals surface area contributed by atoms with E-state index in [1.54, 1.807) is 0 Å². The van der Waals surface area contributed by atoms with Gasteiger partial charge in [-0.25, -0.2) is 4.98 Å². The Hall–Kier alpha value is -2.00. The zero-order valence-corrected chi connectivity index (χ0v) is 15.7. The molecule has 0 fully saturated rings. The van der Waals surface area contributed by atoms with Gasteiger partial charge >= 0.3 is 0 Å². The Morgan fingerprint density at radius 2 is 1.76 bits per heavy atom. The molecule has 0 N–H and O–H groups in total. The maximum atomic E-state index is 4.17. The molecule has 1 aromatic heterocycles. The molecule has 0 saturated carbocycles. The number of hydrogen-bond acceptors (Lipinski definition) is 2. The van der Waals surface area contributed by atoms with Crippen LogP contribution in [0.25, 0.3) is 0 Å². The van der Waals surface area contributed by atoms with Crippen molar-refractivity contribution in [3.05, 3.63) is 78.9 Å². The van der Waals surface area contributed by atoms with Gasteiger partial charge in [0, 0.05) is 28.7 Å². The maximum absolute atomic E-state index is 4.17. The van der Waals surface area contributed by atoms with Gasteiger partial charge in [-0.2, -0.15) is 0 Å². The Morgan fingerprint density at radius 3 is 2.44 bits per heavy atom. The Balaban J connectivity index is 1.61. The third kappa shape index (κ3) is 5.79. The monoisotopic (exact) mass is 350 g/mol.